The van der Waals surface area contributed by atoms with Crippen LogP contribution < -0.4 is 10.1 Å². The van der Waals surface area contributed by atoms with E-state index in [1.165, 1.54) is 7.11 Å². The van der Waals surface area contributed by atoms with Crippen LogP contribution in [0, 0.1) is 0 Å². The first-order valence-corrected chi connectivity index (χ1v) is 6.35. The molecule has 0 aromatic heterocycles. The lowest BCUT2D eigenvalue weighted by molar-refractivity contribution is -0.125. The maximum Gasteiger partial charge on any atom is 0.238 e. The van der Waals surface area contributed by atoms with Gasteiger partial charge in [0, 0.05) is 18.1 Å². The number of hydrogen-bond donors (Lipinski definition) is 2. The molecule has 0 spiro atoms. The van der Waals surface area contributed by atoms with E-state index in [-0.39, 0.29) is 12.5 Å². The van der Waals surface area contributed by atoms with Crippen molar-refractivity contribution < 1.29 is 14.6 Å². The highest BCUT2D eigenvalue weighted by molar-refractivity contribution is 6.31. The molecule has 1 aromatic rings. The summed E-state index contributed by atoms with van der Waals surface area (Å²) in [6.07, 6.45) is 0. The molecule has 1 amide bonds. The number of rotatable bonds is 4. The Hall–Kier alpha value is -1.30. The van der Waals surface area contributed by atoms with Crippen molar-refractivity contribution in [2.45, 2.75) is 12.5 Å². The van der Waals surface area contributed by atoms with Crippen LogP contribution in [0.25, 0.3) is 0 Å². The zero-order valence-electron chi connectivity index (χ0n) is 10.9. The number of methoxy groups -OCH3 is 1. The van der Waals surface area contributed by atoms with Crippen molar-refractivity contribution in [3.05, 3.63) is 23.2 Å². The summed E-state index contributed by atoms with van der Waals surface area (Å²) in [6.45, 7) is 3.01. The second-order valence-electron chi connectivity index (χ2n) is 5.03. The molecule has 104 valence electrons. The quantitative estimate of drug-likeness (QED) is 0.876. The van der Waals surface area contributed by atoms with Crippen LogP contribution in [0.15, 0.2) is 18.2 Å². The number of likely N-dealkylation sites (tertiary alicyclic amines) is 1. The van der Waals surface area contributed by atoms with Gasteiger partial charge in [-0.15, -0.1) is 0 Å². The van der Waals surface area contributed by atoms with Gasteiger partial charge in [0.05, 0.1) is 24.9 Å². The predicted molar refractivity (Wildman–Crippen MR) is 73.7 cm³/mol. The number of benzene rings is 1. The van der Waals surface area contributed by atoms with Gasteiger partial charge in [0.15, 0.2) is 0 Å². The van der Waals surface area contributed by atoms with Crippen LogP contribution in [0.1, 0.15) is 6.92 Å². The summed E-state index contributed by atoms with van der Waals surface area (Å²) >= 11 is 5.89. The summed E-state index contributed by atoms with van der Waals surface area (Å²) in [5.41, 5.74) is -0.124. The van der Waals surface area contributed by atoms with Gasteiger partial charge in [-0.05, 0) is 25.1 Å². The summed E-state index contributed by atoms with van der Waals surface area (Å²) in [6, 6.07) is 5.04. The van der Waals surface area contributed by atoms with Crippen LogP contribution in [0.3, 0.4) is 0 Å². The van der Waals surface area contributed by atoms with Crippen LogP contribution in [0.4, 0.5) is 5.69 Å². The molecule has 0 aliphatic carbocycles. The molecule has 0 bridgehead atoms. The van der Waals surface area contributed by atoms with Gasteiger partial charge < -0.3 is 15.2 Å². The number of halogens is 1. The van der Waals surface area contributed by atoms with Crippen molar-refractivity contribution in [3.8, 4) is 5.75 Å². The van der Waals surface area contributed by atoms with E-state index in [1.54, 1.807) is 25.1 Å². The largest absolute Gasteiger partial charge is 0.495 e. The third-order valence-corrected chi connectivity index (χ3v) is 3.17. The van der Waals surface area contributed by atoms with Gasteiger partial charge in [0.1, 0.15) is 5.75 Å². The highest BCUT2D eigenvalue weighted by atomic mass is 35.5. The van der Waals surface area contributed by atoms with E-state index in [2.05, 4.69) is 5.32 Å². The fourth-order valence-corrected chi connectivity index (χ4v) is 2.37. The zero-order valence-corrected chi connectivity index (χ0v) is 11.7. The number of carbonyl (C=O) groups excluding carboxylic acids is 1. The van der Waals surface area contributed by atoms with Crippen molar-refractivity contribution in [1.29, 1.82) is 0 Å². The number of nitrogens with zero attached hydrogens (tertiary/aromatic N) is 1. The summed E-state index contributed by atoms with van der Waals surface area (Å²) in [5.74, 6) is 0.407. The number of amides is 1. The minimum absolute atomic E-state index is 0.156. The van der Waals surface area contributed by atoms with E-state index >= 15 is 0 Å². The van der Waals surface area contributed by atoms with Crippen molar-refractivity contribution in [3.63, 3.8) is 0 Å². The Morgan fingerprint density at radius 1 is 1.58 bits per heavy atom. The van der Waals surface area contributed by atoms with Crippen molar-refractivity contribution in [2.24, 2.45) is 0 Å². The van der Waals surface area contributed by atoms with Gasteiger partial charge in [-0.3, -0.25) is 9.69 Å². The van der Waals surface area contributed by atoms with Crippen LogP contribution in [0.2, 0.25) is 5.02 Å². The second-order valence-corrected chi connectivity index (χ2v) is 5.47. The van der Waals surface area contributed by atoms with E-state index in [9.17, 15) is 9.90 Å². The van der Waals surface area contributed by atoms with Gasteiger partial charge in [-0.1, -0.05) is 11.6 Å². The molecule has 6 heteroatoms. The molecule has 0 unspecified atom stereocenters. The number of carbonyl (C=O) groups is 1. The number of hydrogen-bond acceptors (Lipinski definition) is 4. The van der Waals surface area contributed by atoms with Gasteiger partial charge >= 0.3 is 0 Å². The van der Waals surface area contributed by atoms with E-state index < -0.39 is 5.60 Å². The third kappa shape index (κ3) is 3.59. The van der Waals surface area contributed by atoms with Crippen molar-refractivity contribution >= 4 is 23.2 Å². The molecule has 5 nitrogen and oxygen atoms in total. The number of aliphatic hydroxyl groups is 1. The molecule has 1 aromatic carbocycles. The molecule has 1 heterocycles. The average molecular weight is 285 g/mol. The molecule has 2 N–H and O–H groups in total. The lowest BCUT2D eigenvalue weighted by atomic mass is 9.97. The van der Waals surface area contributed by atoms with Crippen molar-refractivity contribution in [1.82, 2.24) is 4.90 Å². The van der Waals surface area contributed by atoms with Gasteiger partial charge in [-0.2, -0.15) is 0 Å². The lowest BCUT2D eigenvalue weighted by Gasteiger charge is -2.43. The summed E-state index contributed by atoms with van der Waals surface area (Å²) in [5, 5.41) is 12.9. The maximum atomic E-state index is 11.9. The van der Waals surface area contributed by atoms with Crippen LogP contribution in [0.5, 0.6) is 5.75 Å². The van der Waals surface area contributed by atoms with Crippen molar-refractivity contribution in [2.75, 3.05) is 32.1 Å². The van der Waals surface area contributed by atoms with Crippen LogP contribution >= 0.6 is 11.6 Å². The maximum absolute atomic E-state index is 11.9. The summed E-state index contributed by atoms with van der Waals surface area (Å²) in [4.78, 5) is 13.7. The number of anilines is 1. The predicted octanol–water partition coefficient (Wildman–Crippen LogP) is 1.35. The molecule has 19 heavy (non-hydrogen) atoms. The Labute approximate surface area is 117 Å². The average Bonchev–Trinajstić information content (AvgIpc) is 2.26. The number of β-amino-alcohol motifs (C(OH)–C–C–N with tert-alkyl or cyclic N) is 1. The van der Waals surface area contributed by atoms with E-state index in [1.807, 2.05) is 4.90 Å². The number of nitrogens with one attached hydrogen (secondary N) is 1. The fourth-order valence-electron chi connectivity index (χ4n) is 2.20. The molecular formula is C13H17ClN2O3. The van der Waals surface area contributed by atoms with Crippen LogP contribution in [-0.4, -0.2) is 48.3 Å². The van der Waals surface area contributed by atoms with E-state index in [0.717, 1.165) is 0 Å². The Bertz CT molecular complexity index is 483. The van der Waals surface area contributed by atoms with Gasteiger partial charge in [-0.25, -0.2) is 0 Å². The minimum Gasteiger partial charge on any atom is -0.495 e. The second kappa shape index (κ2) is 5.36. The Morgan fingerprint density at radius 2 is 2.26 bits per heavy atom. The van der Waals surface area contributed by atoms with E-state index in [4.69, 9.17) is 16.3 Å². The Balaban J connectivity index is 1.94. The normalized spacial score (nSPS) is 17.7. The topological polar surface area (TPSA) is 61.8 Å². The molecule has 1 fully saturated rings. The molecule has 0 saturated carbocycles. The Morgan fingerprint density at radius 3 is 2.84 bits per heavy atom. The summed E-state index contributed by atoms with van der Waals surface area (Å²) < 4.78 is 5.15. The first kappa shape index (κ1) is 14.1. The Kier molecular flexibility index (Phi) is 3.99. The zero-order chi connectivity index (χ0) is 14.0. The third-order valence-electron chi connectivity index (χ3n) is 2.93. The monoisotopic (exact) mass is 284 g/mol. The van der Waals surface area contributed by atoms with Gasteiger partial charge in [0.2, 0.25) is 5.91 Å². The number of ether oxygens (including phenoxy) is 1. The molecule has 1 aliphatic heterocycles. The first-order valence-electron chi connectivity index (χ1n) is 5.98. The molecule has 0 atom stereocenters. The molecule has 1 aliphatic rings. The fraction of sp³-hybridized carbons (Fsp3) is 0.462. The SMILES string of the molecule is COc1ccc(Cl)cc1NC(=O)CN1CC(C)(O)C1. The standard InChI is InChI=1S/C13H17ClN2O3/c1-13(18)7-16(8-13)6-12(17)15-10-5-9(14)3-4-11(10)19-2/h3-5,18H,6-8H2,1-2H3,(H,15,17). The lowest BCUT2D eigenvalue weighted by Crippen LogP contribution is -2.61. The van der Waals surface area contributed by atoms with Crippen LogP contribution in [-0.2, 0) is 4.79 Å². The van der Waals surface area contributed by atoms with Gasteiger partial charge in [0.25, 0.3) is 0 Å². The smallest absolute Gasteiger partial charge is 0.238 e. The van der Waals surface area contributed by atoms with E-state index in [0.29, 0.717) is 29.5 Å². The molecule has 1 saturated heterocycles. The minimum atomic E-state index is -0.673. The summed E-state index contributed by atoms with van der Waals surface area (Å²) in [7, 11) is 1.53. The highest BCUT2D eigenvalue weighted by Crippen LogP contribution is 2.28. The molecule has 2 rings (SSSR count). The highest BCUT2D eigenvalue weighted by Gasteiger charge is 2.37. The molecular weight excluding hydrogens is 268 g/mol. The molecule has 0 radical (unpaired) electrons. The first-order chi connectivity index (χ1) is 8.89.